The number of nitrogens with one attached hydrogen (secondary N) is 1. The molecule has 1 saturated heterocycles. The summed E-state index contributed by atoms with van der Waals surface area (Å²) >= 11 is 0. The lowest BCUT2D eigenvalue weighted by Crippen LogP contribution is -2.49. The number of rotatable bonds is 7. The van der Waals surface area contributed by atoms with Crippen molar-refractivity contribution in [3.05, 3.63) is 49.1 Å². The highest BCUT2D eigenvalue weighted by atomic mass is 15.3. The van der Waals surface area contributed by atoms with E-state index in [-0.39, 0.29) is 0 Å². The average Bonchev–Trinajstić information content (AvgIpc) is 3.27. The summed E-state index contributed by atoms with van der Waals surface area (Å²) < 4.78 is 2.24. The van der Waals surface area contributed by atoms with E-state index in [0.29, 0.717) is 12.0 Å². The van der Waals surface area contributed by atoms with Gasteiger partial charge in [0.25, 0.3) is 0 Å². The fourth-order valence-electron chi connectivity index (χ4n) is 4.01. The number of aromatic nitrogens is 2. The molecule has 1 aromatic heterocycles. The highest BCUT2D eigenvalue weighted by Gasteiger charge is 2.28. The highest BCUT2D eigenvalue weighted by Crippen LogP contribution is 2.27. The second-order valence-electron chi connectivity index (χ2n) is 7.53. The van der Waals surface area contributed by atoms with E-state index in [2.05, 4.69) is 80.0 Å². The Morgan fingerprint density at radius 2 is 2.14 bits per heavy atom. The van der Waals surface area contributed by atoms with Gasteiger partial charge in [0.05, 0.1) is 12.4 Å². The SMILES string of the molecule is CCN(CCCNC(=NC)N1CCC(C)C(n2ccnc2)C1)c1ccccc1. The van der Waals surface area contributed by atoms with Crippen LogP contribution in [0.15, 0.2) is 54.0 Å². The number of imidazole rings is 1. The number of anilines is 1. The summed E-state index contributed by atoms with van der Waals surface area (Å²) in [5.41, 5.74) is 1.29. The van der Waals surface area contributed by atoms with E-state index < -0.39 is 0 Å². The molecule has 2 unspecified atom stereocenters. The lowest BCUT2D eigenvalue weighted by molar-refractivity contribution is 0.189. The van der Waals surface area contributed by atoms with Crippen LogP contribution in [0.3, 0.4) is 0 Å². The van der Waals surface area contributed by atoms with Crippen molar-refractivity contribution in [1.29, 1.82) is 0 Å². The summed E-state index contributed by atoms with van der Waals surface area (Å²) in [6.07, 6.45) is 8.12. The Morgan fingerprint density at radius 3 is 2.82 bits per heavy atom. The fourth-order valence-corrected chi connectivity index (χ4v) is 4.01. The van der Waals surface area contributed by atoms with Crippen LogP contribution in [0.5, 0.6) is 0 Å². The third-order valence-electron chi connectivity index (χ3n) is 5.73. The van der Waals surface area contributed by atoms with Gasteiger partial charge in [-0.15, -0.1) is 0 Å². The quantitative estimate of drug-likeness (QED) is 0.454. The van der Waals surface area contributed by atoms with E-state index in [4.69, 9.17) is 0 Å². The molecule has 1 aliphatic rings. The lowest BCUT2D eigenvalue weighted by atomic mass is 9.93. The Kier molecular flexibility index (Phi) is 7.34. The Balaban J connectivity index is 1.49. The molecule has 1 aliphatic heterocycles. The molecule has 0 amide bonds. The molecule has 0 bridgehead atoms. The molecule has 6 heteroatoms. The van der Waals surface area contributed by atoms with E-state index in [1.165, 1.54) is 12.1 Å². The number of para-hydroxylation sites is 1. The van der Waals surface area contributed by atoms with Crippen LogP contribution in [0.4, 0.5) is 5.69 Å². The molecule has 152 valence electrons. The highest BCUT2D eigenvalue weighted by molar-refractivity contribution is 5.80. The van der Waals surface area contributed by atoms with E-state index in [0.717, 1.165) is 45.1 Å². The van der Waals surface area contributed by atoms with Crippen molar-refractivity contribution in [2.75, 3.05) is 44.7 Å². The third kappa shape index (κ3) is 5.06. The third-order valence-corrected chi connectivity index (χ3v) is 5.73. The first kappa shape index (κ1) is 20.2. The van der Waals surface area contributed by atoms with Crippen LogP contribution < -0.4 is 10.2 Å². The number of guanidine groups is 1. The van der Waals surface area contributed by atoms with Crippen molar-refractivity contribution in [1.82, 2.24) is 19.8 Å². The van der Waals surface area contributed by atoms with E-state index in [1.54, 1.807) is 0 Å². The maximum absolute atomic E-state index is 4.54. The Labute approximate surface area is 169 Å². The maximum Gasteiger partial charge on any atom is 0.193 e. The van der Waals surface area contributed by atoms with Crippen LogP contribution in [0.1, 0.15) is 32.7 Å². The Morgan fingerprint density at radius 1 is 1.32 bits per heavy atom. The molecule has 2 atom stereocenters. The van der Waals surface area contributed by atoms with Gasteiger partial charge in [-0.1, -0.05) is 25.1 Å². The van der Waals surface area contributed by atoms with Gasteiger partial charge in [-0.2, -0.15) is 0 Å². The molecule has 0 spiro atoms. The first-order valence-corrected chi connectivity index (χ1v) is 10.5. The standard InChI is InChI=1S/C22H34N6/c1-4-26(20-9-6-5-7-10-20)14-8-12-25-22(23-3)27-15-11-19(2)21(17-27)28-16-13-24-18-28/h5-7,9-10,13,16,18-19,21H,4,8,11-12,14-15,17H2,1-3H3,(H,23,25). The molecule has 0 radical (unpaired) electrons. The number of piperidine rings is 1. The average molecular weight is 383 g/mol. The van der Waals surface area contributed by atoms with Gasteiger partial charge in [0.2, 0.25) is 0 Å². The molecule has 6 nitrogen and oxygen atoms in total. The van der Waals surface area contributed by atoms with Crippen molar-refractivity contribution in [3.8, 4) is 0 Å². The van der Waals surface area contributed by atoms with Gasteiger partial charge in [-0.25, -0.2) is 4.98 Å². The molecular weight excluding hydrogens is 348 g/mol. The summed E-state index contributed by atoms with van der Waals surface area (Å²) in [6.45, 7) is 9.57. The molecule has 2 aromatic rings. The minimum atomic E-state index is 0.448. The summed E-state index contributed by atoms with van der Waals surface area (Å²) in [5, 5.41) is 3.58. The van der Waals surface area contributed by atoms with Gasteiger partial charge in [-0.3, -0.25) is 4.99 Å². The van der Waals surface area contributed by atoms with Gasteiger partial charge >= 0.3 is 0 Å². The van der Waals surface area contributed by atoms with Crippen molar-refractivity contribution in [3.63, 3.8) is 0 Å². The number of hydrogen-bond acceptors (Lipinski definition) is 3. The van der Waals surface area contributed by atoms with Crippen LogP contribution in [0, 0.1) is 5.92 Å². The fraction of sp³-hybridized carbons (Fsp3) is 0.545. The minimum Gasteiger partial charge on any atom is -0.372 e. The number of benzene rings is 1. The van der Waals surface area contributed by atoms with E-state index in [1.807, 2.05) is 19.6 Å². The predicted molar refractivity (Wildman–Crippen MR) is 117 cm³/mol. The monoisotopic (exact) mass is 382 g/mol. The first-order chi connectivity index (χ1) is 13.7. The van der Waals surface area contributed by atoms with Crippen LogP contribution in [0.25, 0.3) is 0 Å². The lowest BCUT2D eigenvalue weighted by Gasteiger charge is -2.39. The van der Waals surface area contributed by atoms with Crippen LogP contribution in [0.2, 0.25) is 0 Å². The van der Waals surface area contributed by atoms with Gasteiger partial charge in [0.1, 0.15) is 0 Å². The number of nitrogens with zero attached hydrogens (tertiary/aromatic N) is 5. The van der Waals surface area contributed by atoms with Gasteiger partial charge < -0.3 is 19.7 Å². The molecule has 1 N–H and O–H groups in total. The van der Waals surface area contributed by atoms with Crippen molar-refractivity contribution >= 4 is 11.6 Å². The van der Waals surface area contributed by atoms with E-state index >= 15 is 0 Å². The summed E-state index contributed by atoms with van der Waals surface area (Å²) in [7, 11) is 1.88. The number of aliphatic imine (C=N–C) groups is 1. The zero-order valence-electron chi connectivity index (χ0n) is 17.5. The predicted octanol–water partition coefficient (Wildman–Crippen LogP) is 3.26. The largest absolute Gasteiger partial charge is 0.372 e. The number of likely N-dealkylation sites (tertiary alicyclic amines) is 1. The molecule has 1 aromatic carbocycles. The second kappa shape index (κ2) is 10.2. The summed E-state index contributed by atoms with van der Waals surface area (Å²) in [5.74, 6) is 1.66. The van der Waals surface area contributed by atoms with Gasteiger partial charge in [-0.05, 0) is 37.8 Å². The molecular formula is C22H34N6. The van der Waals surface area contributed by atoms with Gasteiger partial charge in [0.15, 0.2) is 5.96 Å². The smallest absolute Gasteiger partial charge is 0.193 e. The zero-order valence-corrected chi connectivity index (χ0v) is 17.5. The topological polar surface area (TPSA) is 48.7 Å². The normalized spacial score (nSPS) is 20.2. The minimum absolute atomic E-state index is 0.448. The van der Waals surface area contributed by atoms with E-state index in [9.17, 15) is 0 Å². The van der Waals surface area contributed by atoms with Crippen molar-refractivity contribution < 1.29 is 0 Å². The molecule has 3 rings (SSSR count). The van der Waals surface area contributed by atoms with Crippen LogP contribution in [-0.2, 0) is 0 Å². The molecule has 2 heterocycles. The van der Waals surface area contributed by atoms with Crippen molar-refractivity contribution in [2.24, 2.45) is 10.9 Å². The van der Waals surface area contributed by atoms with Gasteiger partial charge in [0, 0.05) is 57.9 Å². The zero-order chi connectivity index (χ0) is 19.8. The molecule has 0 aliphatic carbocycles. The van der Waals surface area contributed by atoms with Crippen molar-refractivity contribution in [2.45, 2.75) is 32.7 Å². The second-order valence-corrected chi connectivity index (χ2v) is 7.53. The molecule has 28 heavy (non-hydrogen) atoms. The first-order valence-electron chi connectivity index (χ1n) is 10.5. The Bertz CT molecular complexity index is 712. The maximum atomic E-state index is 4.54. The van der Waals surface area contributed by atoms with Crippen LogP contribution in [-0.4, -0.2) is 60.2 Å². The number of hydrogen-bond donors (Lipinski definition) is 1. The summed E-state index contributed by atoms with van der Waals surface area (Å²) in [6, 6.07) is 11.1. The molecule has 0 saturated carbocycles. The molecule has 1 fully saturated rings. The Hall–Kier alpha value is -2.50. The van der Waals surface area contributed by atoms with Crippen LogP contribution >= 0.6 is 0 Å². The summed E-state index contributed by atoms with van der Waals surface area (Å²) in [4.78, 5) is 13.6.